The highest BCUT2D eigenvalue weighted by Crippen LogP contribution is 2.30. The van der Waals surface area contributed by atoms with E-state index in [1.807, 2.05) is 18.7 Å². The third-order valence-corrected chi connectivity index (χ3v) is 3.35. The average Bonchev–Trinajstić information content (AvgIpc) is 2.21. The Bertz CT molecular complexity index is 475. The predicted octanol–water partition coefficient (Wildman–Crippen LogP) is 1.40. The molecule has 0 unspecified atom stereocenters. The second kappa shape index (κ2) is 3.93. The summed E-state index contributed by atoms with van der Waals surface area (Å²) in [6, 6.07) is 2.13. The Morgan fingerprint density at radius 1 is 1.50 bits per heavy atom. The van der Waals surface area contributed by atoms with Crippen LogP contribution < -0.4 is 4.90 Å². The number of pyridine rings is 1. The first-order valence-corrected chi connectivity index (χ1v) is 5.42. The van der Waals surface area contributed by atoms with E-state index in [1.54, 1.807) is 0 Å². The average molecular weight is 238 g/mol. The third kappa shape index (κ3) is 1.62. The van der Waals surface area contributed by atoms with Crippen molar-refractivity contribution in [3.05, 3.63) is 21.8 Å². The van der Waals surface area contributed by atoms with Crippen LogP contribution >= 0.6 is 11.6 Å². The van der Waals surface area contributed by atoms with Gasteiger partial charge in [-0.3, -0.25) is 0 Å². The molecule has 2 rings (SSSR count). The van der Waals surface area contributed by atoms with Gasteiger partial charge in [0.1, 0.15) is 11.9 Å². The zero-order chi connectivity index (χ0) is 11.9. The van der Waals surface area contributed by atoms with Gasteiger partial charge in [0, 0.05) is 13.1 Å². The van der Waals surface area contributed by atoms with E-state index in [1.165, 1.54) is 0 Å². The molecule has 1 N–H and O–H groups in total. The monoisotopic (exact) mass is 237 g/mol. The van der Waals surface area contributed by atoms with Gasteiger partial charge in [0.2, 0.25) is 0 Å². The van der Waals surface area contributed by atoms with Crippen LogP contribution in [0.5, 0.6) is 0 Å². The molecule has 1 aromatic rings. The van der Waals surface area contributed by atoms with Crippen LogP contribution in [0.1, 0.15) is 16.8 Å². The topological polar surface area (TPSA) is 60.1 Å². The molecule has 0 aromatic carbocycles. The fraction of sp³-hybridized carbons (Fsp3) is 0.455. The highest BCUT2D eigenvalue weighted by molar-refractivity contribution is 6.32. The van der Waals surface area contributed by atoms with Crippen molar-refractivity contribution in [1.82, 2.24) is 4.98 Å². The maximum atomic E-state index is 9.26. The number of rotatable bonds is 1. The molecule has 16 heavy (non-hydrogen) atoms. The van der Waals surface area contributed by atoms with E-state index in [2.05, 4.69) is 11.1 Å². The molecule has 84 valence electrons. The number of hydrogen-bond donors (Lipinski definition) is 1. The lowest BCUT2D eigenvalue weighted by Crippen LogP contribution is -2.51. The van der Waals surface area contributed by atoms with E-state index in [9.17, 15) is 5.11 Å². The van der Waals surface area contributed by atoms with Crippen LogP contribution in [-0.2, 0) is 0 Å². The van der Waals surface area contributed by atoms with Crippen molar-refractivity contribution < 1.29 is 5.11 Å². The van der Waals surface area contributed by atoms with Crippen molar-refractivity contribution in [2.75, 3.05) is 18.0 Å². The number of β-amino-alcohol motifs (C(OH)–C–C–N with tert-alkyl or cyclic N) is 1. The van der Waals surface area contributed by atoms with Gasteiger partial charge in [-0.15, -0.1) is 0 Å². The van der Waals surface area contributed by atoms with Gasteiger partial charge in [-0.2, -0.15) is 5.26 Å². The lowest BCUT2D eigenvalue weighted by atomic mass is 10.1. The quantitative estimate of drug-likeness (QED) is 0.802. The van der Waals surface area contributed by atoms with Crippen molar-refractivity contribution in [1.29, 1.82) is 5.26 Å². The molecular weight excluding hydrogens is 226 g/mol. The second-order valence-electron chi connectivity index (χ2n) is 4.01. The SMILES string of the molecule is Cc1nc(N2CC(O)C2)c(C#N)c(C)c1Cl. The molecule has 2 heterocycles. The molecule has 0 atom stereocenters. The molecule has 1 saturated heterocycles. The summed E-state index contributed by atoms with van der Waals surface area (Å²) in [7, 11) is 0. The number of aliphatic hydroxyl groups is 1. The molecule has 4 nitrogen and oxygen atoms in total. The minimum atomic E-state index is -0.315. The van der Waals surface area contributed by atoms with Crippen LogP contribution in [0.25, 0.3) is 0 Å². The fourth-order valence-corrected chi connectivity index (χ4v) is 1.94. The summed E-state index contributed by atoms with van der Waals surface area (Å²) in [5.41, 5.74) is 1.98. The zero-order valence-electron chi connectivity index (χ0n) is 9.16. The Hall–Kier alpha value is -1.31. The maximum absolute atomic E-state index is 9.26. The van der Waals surface area contributed by atoms with Crippen LogP contribution in [0.4, 0.5) is 5.82 Å². The van der Waals surface area contributed by atoms with Crippen LogP contribution in [0.3, 0.4) is 0 Å². The highest BCUT2D eigenvalue weighted by atomic mass is 35.5. The molecule has 0 bridgehead atoms. The molecule has 1 aliphatic heterocycles. The van der Waals surface area contributed by atoms with Crippen LogP contribution in [0.2, 0.25) is 5.02 Å². The molecule has 0 aliphatic carbocycles. The van der Waals surface area contributed by atoms with Gasteiger partial charge in [0.05, 0.1) is 22.4 Å². The largest absolute Gasteiger partial charge is 0.389 e. The summed E-state index contributed by atoms with van der Waals surface area (Å²) in [4.78, 5) is 6.21. The number of nitrogens with zero attached hydrogens (tertiary/aromatic N) is 3. The minimum Gasteiger partial charge on any atom is -0.389 e. The summed E-state index contributed by atoms with van der Waals surface area (Å²) < 4.78 is 0. The van der Waals surface area contributed by atoms with Gasteiger partial charge < -0.3 is 10.0 Å². The fourth-order valence-electron chi connectivity index (χ4n) is 1.80. The number of anilines is 1. The van der Waals surface area contributed by atoms with Crippen molar-refractivity contribution in [3.8, 4) is 6.07 Å². The number of hydrogen-bond acceptors (Lipinski definition) is 4. The Morgan fingerprint density at radius 2 is 2.12 bits per heavy atom. The van der Waals surface area contributed by atoms with Gasteiger partial charge in [0.25, 0.3) is 0 Å². The lowest BCUT2D eigenvalue weighted by molar-refractivity contribution is 0.141. The van der Waals surface area contributed by atoms with Crippen LogP contribution in [0, 0.1) is 25.2 Å². The van der Waals surface area contributed by atoms with E-state index in [-0.39, 0.29) is 6.10 Å². The molecule has 1 aromatic heterocycles. The molecular formula is C11H12ClN3O. The Labute approximate surface area is 99.1 Å². The van der Waals surface area contributed by atoms with Gasteiger partial charge in [-0.05, 0) is 19.4 Å². The van der Waals surface area contributed by atoms with E-state index in [4.69, 9.17) is 16.9 Å². The Kier molecular flexibility index (Phi) is 2.75. The first-order chi connectivity index (χ1) is 7.54. The van der Waals surface area contributed by atoms with E-state index in [0.717, 1.165) is 11.3 Å². The Morgan fingerprint density at radius 3 is 2.62 bits per heavy atom. The number of nitriles is 1. The smallest absolute Gasteiger partial charge is 0.147 e. The maximum Gasteiger partial charge on any atom is 0.147 e. The van der Waals surface area contributed by atoms with Gasteiger partial charge in [0.15, 0.2) is 0 Å². The van der Waals surface area contributed by atoms with E-state index < -0.39 is 0 Å². The molecule has 0 amide bonds. The molecule has 0 radical (unpaired) electrons. The minimum absolute atomic E-state index is 0.315. The summed E-state index contributed by atoms with van der Waals surface area (Å²) in [5.74, 6) is 0.632. The lowest BCUT2D eigenvalue weighted by Gasteiger charge is -2.37. The molecule has 1 fully saturated rings. The van der Waals surface area contributed by atoms with Crippen molar-refractivity contribution >= 4 is 17.4 Å². The van der Waals surface area contributed by atoms with Crippen molar-refractivity contribution in [2.45, 2.75) is 20.0 Å². The molecule has 0 spiro atoms. The van der Waals surface area contributed by atoms with Gasteiger partial charge in [-0.25, -0.2) is 4.98 Å². The first-order valence-electron chi connectivity index (χ1n) is 5.04. The predicted molar refractivity (Wildman–Crippen MR) is 61.7 cm³/mol. The van der Waals surface area contributed by atoms with Gasteiger partial charge >= 0.3 is 0 Å². The van der Waals surface area contributed by atoms with E-state index in [0.29, 0.717) is 29.5 Å². The zero-order valence-corrected chi connectivity index (χ0v) is 9.91. The summed E-state index contributed by atoms with van der Waals surface area (Å²) in [5, 5.41) is 18.9. The summed E-state index contributed by atoms with van der Waals surface area (Å²) in [6.07, 6.45) is -0.315. The first kappa shape index (κ1) is 11.2. The van der Waals surface area contributed by atoms with Crippen LogP contribution in [0.15, 0.2) is 0 Å². The normalized spacial score (nSPS) is 15.8. The Balaban J connectivity index is 2.49. The summed E-state index contributed by atoms with van der Waals surface area (Å²) in [6.45, 7) is 4.69. The molecule has 5 heteroatoms. The number of halogens is 1. The standard InChI is InChI=1S/C11H12ClN3O/c1-6-9(3-13)11(14-7(2)10(6)12)15-4-8(16)5-15/h8,16H,4-5H2,1-2H3. The van der Waals surface area contributed by atoms with Crippen molar-refractivity contribution in [3.63, 3.8) is 0 Å². The van der Waals surface area contributed by atoms with Crippen LogP contribution in [-0.4, -0.2) is 29.3 Å². The molecule has 0 saturated carbocycles. The third-order valence-electron chi connectivity index (χ3n) is 2.79. The molecule has 1 aliphatic rings. The second-order valence-corrected chi connectivity index (χ2v) is 4.38. The highest BCUT2D eigenvalue weighted by Gasteiger charge is 2.29. The van der Waals surface area contributed by atoms with E-state index >= 15 is 0 Å². The number of aryl methyl sites for hydroxylation is 1. The number of aromatic nitrogens is 1. The van der Waals surface area contributed by atoms with Gasteiger partial charge in [-0.1, -0.05) is 11.6 Å². The summed E-state index contributed by atoms with van der Waals surface area (Å²) >= 11 is 6.05. The van der Waals surface area contributed by atoms with Crippen molar-refractivity contribution in [2.24, 2.45) is 0 Å². The number of aliphatic hydroxyl groups excluding tert-OH is 1.